The maximum Gasteiger partial charge on any atom is 0.00769 e. The Morgan fingerprint density at radius 3 is 2.58 bits per heavy atom. The van der Waals surface area contributed by atoms with Gasteiger partial charge in [0.2, 0.25) is 0 Å². The van der Waals surface area contributed by atoms with Crippen molar-refractivity contribution in [3.8, 4) is 0 Å². The summed E-state index contributed by atoms with van der Waals surface area (Å²) in [4.78, 5) is 0. The Bertz CT molecular complexity index is 83.9. The quantitative estimate of drug-likeness (QED) is 0.549. The molecule has 0 aromatic heterocycles. The Hall–Kier alpha value is -0.0800. The van der Waals surface area contributed by atoms with Crippen LogP contribution in [0.2, 0.25) is 0 Å². The summed E-state index contributed by atoms with van der Waals surface area (Å²) in [5.41, 5.74) is 5.39. The Balaban J connectivity index is 3.02. The maximum absolute atomic E-state index is 5.39. The van der Waals surface area contributed by atoms with Crippen molar-refractivity contribution in [2.45, 2.75) is 52.0 Å². The van der Waals surface area contributed by atoms with E-state index in [-0.39, 0.29) is 0 Å². The molecule has 12 heavy (non-hydrogen) atoms. The predicted molar refractivity (Wildman–Crippen MR) is 55.3 cm³/mol. The van der Waals surface area contributed by atoms with Gasteiger partial charge in [-0.1, -0.05) is 32.6 Å². The normalized spacial score (nSPS) is 13.2. The van der Waals surface area contributed by atoms with E-state index in [1.165, 1.54) is 32.1 Å². The van der Waals surface area contributed by atoms with E-state index in [0.717, 1.165) is 13.1 Å². The van der Waals surface area contributed by atoms with E-state index in [1.807, 2.05) is 0 Å². The molecule has 0 saturated carbocycles. The molecule has 0 aromatic carbocycles. The highest BCUT2D eigenvalue weighted by molar-refractivity contribution is 4.60. The molecule has 0 rings (SSSR count). The smallest absolute Gasteiger partial charge is 0.00769 e. The van der Waals surface area contributed by atoms with Gasteiger partial charge in [0, 0.05) is 19.1 Å². The lowest BCUT2D eigenvalue weighted by atomic mass is 10.1. The molecule has 0 radical (unpaired) electrons. The third kappa shape index (κ3) is 8.02. The van der Waals surface area contributed by atoms with E-state index in [4.69, 9.17) is 5.73 Å². The van der Waals surface area contributed by atoms with Crippen molar-refractivity contribution in [3.63, 3.8) is 0 Å². The number of hydrogen-bond donors (Lipinski definition) is 2. The summed E-state index contributed by atoms with van der Waals surface area (Å²) < 4.78 is 0. The first-order valence-electron chi connectivity index (χ1n) is 5.24. The highest BCUT2D eigenvalue weighted by Crippen LogP contribution is 2.04. The van der Waals surface area contributed by atoms with Crippen LogP contribution in [0.1, 0.15) is 46.0 Å². The van der Waals surface area contributed by atoms with Gasteiger partial charge >= 0.3 is 0 Å². The minimum atomic E-state index is 0.644. The molecule has 1 unspecified atom stereocenters. The van der Waals surface area contributed by atoms with Gasteiger partial charge in [-0.15, -0.1) is 0 Å². The van der Waals surface area contributed by atoms with E-state index in [0.29, 0.717) is 6.04 Å². The third-order valence-electron chi connectivity index (χ3n) is 2.13. The van der Waals surface area contributed by atoms with Crippen molar-refractivity contribution in [1.82, 2.24) is 5.32 Å². The molecule has 0 aliphatic carbocycles. The van der Waals surface area contributed by atoms with Crippen LogP contribution in [0, 0.1) is 0 Å². The monoisotopic (exact) mass is 172 g/mol. The molecule has 2 nitrogen and oxygen atoms in total. The summed E-state index contributed by atoms with van der Waals surface area (Å²) in [6, 6.07) is 0.644. The highest BCUT2D eigenvalue weighted by Gasteiger charge is 1.98. The third-order valence-corrected chi connectivity index (χ3v) is 2.13. The average molecular weight is 172 g/mol. The van der Waals surface area contributed by atoms with E-state index in [1.54, 1.807) is 0 Å². The lowest BCUT2D eigenvalue weighted by Gasteiger charge is -2.12. The first-order valence-corrected chi connectivity index (χ1v) is 5.24. The van der Waals surface area contributed by atoms with Gasteiger partial charge in [-0.2, -0.15) is 0 Å². The highest BCUT2D eigenvalue weighted by atomic mass is 14.9. The Kier molecular flexibility index (Phi) is 8.95. The van der Waals surface area contributed by atoms with Gasteiger partial charge in [-0.05, 0) is 13.3 Å². The standard InChI is InChI=1S/C10H24N2/c1-3-4-5-6-7-10(2)12-9-8-11/h10,12H,3-9,11H2,1-2H3. The number of hydrogen-bond acceptors (Lipinski definition) is 2. The van der Waals surface area contributed by atoms with Gasteiger partial charge < -0.3 is 11.1 Å². The zero-order chi connectivity index (χ0) is 9.23. The zero-order valence-electron chi connectivity index (χ0n) is 8.60. The van der Waals surface area contributed by atoms with Crippen molar-refractivity contribution in [3.05, 3.63) is 0 Å². The van der Waals surface area contributed by atoms with Crippen LogP contribution < -0.4 is 11.1 Å². The predicted octanol–water partition coefficient (Wildman–Crippen LogP) is 1.89. The molecule has 0 spiro atoms. The second-order valence-electron chi connectivity index (χ2n) is 3.49. The fourth-order valence-corrected chi connectivity index (χ4v) is 1.31. The lowest BCUT2D eigenvalue weighted by molar-refractivity contribution is 0.488. The molecular weight excluding hydrogens is 148 g/mol. The van der Waals surface area contributed by atoms with Crippen LogP contribution in [0.5, 0.6) is 0 Å². The molecule has 74 valence electrons. The summed E-state index contributed by atoms with van der Waals surface area (Å²) in [6.45, 7) is 6.19. The van der Waals surface area contributed by atoms with E-state index in [9.17, 15) is 0 Å². The molecule has 0 bridgehead atoms. The number of nitrogens with two attached hydrogens (primary N) is 1. The van der Waals surface area contributed by atoms with Crippen molar-refractivity contribution < 1.29 is 0 Å². The molecule has 0 amide bonds. The maximum atomic E-state index is 5.39. The van der Waals surface area contributed by atoms with Crippen molar-refractivity contribution in [1.29, 1.82) is 0 Å². The topological polar surface area (TPSA) is 38.0 Å². The Morgan fingerprint density at radius 2 is 2.00 bits per heavy atom. The zero-order valence-corrected chi connectivity index (χ0v) is 8.60. The summed E-state index contributed by atoms with van der Waals surface area (Å²) >= 11 is 0. The molecule has 0 saturated heterocycles. The number of unbranched alkanes of at least 4 members (excludes halogenated alkanes) is 3. The summed E-state index contributed by atoms with van der Waals surface area (Å²) in [7, 11) is 0. The Morgan fingerprint density at radius 1 is 1.25 bits per heavy atom. The van der Waals surface area contributed by atoms with Crippen LogP contribution in [-0.4, -0.2) is 19.1 Å². The van der Waals surface area contributed by atoms with Crippen molar-refractivity contribution in [2.75, 3.05) is 13.1 Å². The van der Waals surface area contributed by atoms with E-state index >= 15 is 0 Å². The molecule has 1 atom stereocenters. The molecule has 0 aromatic rings. The van der Waals surface area contributed by atoms with Gasteiger partial charge in [0.05, 0.1) is 0 Å². The second-order valence-corrected chi connectivity index (χ2v) is 3.49. The van der Waals surface area contributed by atoms with Gasteiger partial charge in [0.25, 0.3) is 0 Å². The molecule has 0 fully saturated rings. The van der Waals surface area contributed by atoms with Gasteiger partial charge in [-0.25, -0.2) is 0 Å². The van der Waals surface area contributed by atoms with Crippen LogP contribution in [-0.2, 0) is 0 Å². The molecule has 3 N–H and O–H groups in total. The lowest BCUT2D eigenvalue weighted by Crippen LogP contribution is -2.30. The first kappa shape index (κ1) is 11.9. The minimum absolute atomic E-state index is 0.644. The molecule has 0 aliphatic heterocycles. The van der Waals surface area contributed by atoms with E-state index in [2.05, 4.69) is 19.2 Å². The number of rotatable bonds is 8. The van der Waals surface area contributed by atoms with Gasteiger partial charge in [0.15, 0.2) is 0 Å². The SMILES string of the molecule is CCCCCCC(C)NCCN. The van der Waals surface area contributed by atoms with Crippen LogP contribution in [0.4, 0.5) is 0 Å². The summed E-state index contributed by atoms with van der Waals surface area (Å²) in [5.74, 6) is 0. The molecule has 2 heteroatoms. The minimum Gasteiger partial charge on any atom is -0.329 e. The average Bonchev–Trinajstić information content (AvgIpc) is 2.09. The fraction of sp³-hybridized carbons (Fsp3) is 1.00. The van der Waals surface area contributed by atoms with Crippen LogP contribution in [0.15, 0.2) is 0 Å². The number of nitrogens with one attached hydrogen (secondary N) is 1. The molecule has 0 aliphatic rings. The summed E-state index contributed by atoms with van der Waals surface area (Å²) in [5, 5.41) is 3.38. The molecule has 0 heterocycles. The Labute approximate surface area is 76.9 Å². The van der Waals surface area contributed by atoms with Crippen molar-refractivity contribution >= 4 is 0 Å². The fourth-order valence-electron chi connectivity index (χ4n) is 1.31. The van der Waals surface area contributed by atoms with Gasteiger partial charge in [0.1, 0.15) is 0 Å². The largest absolute Gasteiger partial charge is 0.329 e. The summed E-state index contributed by atoms with van der Waals surface area (Å²) in [6.07, 6.45) is 6.73. The first-order chi connectivity index (χ1) is 5.81. The van der Waals surface area contributed by atoms with Crippen LogP contribution in [0.25, 0.3) is 0 Å². The van der Waals surface area contributed by atoms with Gasteiger partial charge in [-0.3, -0.25) is 0 Å². The van der Waals surface area contributed by atoms with Crippen LogP contribution >= 0.6 is 0 Å². The molecular formula is C10H24N2. The van der Waals surface area contributed by atoms with Crippen LogP contribution in [0.3, 0.4) is 0 Å². The van der Waals surface area contributed by atoms with E-state index < -0.39 is 0 Å². The second kappa shape index (κ2) is 9.01. The van der Waals surface area contributed by atoms with Crippen molar-refractivity contribution in [2.24, 2.45) is 5.73 Å².